The van der Waals surface area contributed by atoms with Crippen LogP contribution in [0.3, 0.4) is 0 Å². The number of benzene rings is 1. The van der Waals surface area contributed by atoms with Crippen molar-refractivity contribution >= 4 is 27.4 Å². The van der Waals surface area contributed by atoms with E-state index in [0.29, 0.717) is 9.99 Å². The Morgan fingerprint density at radius 3 is 2.95 bits per heavy atom. The lowest BCUT2D eigenvalue weighted by Gasteiger charge is -2.03. The van der Waals surface area contributed by atoms with Crippen LogP contribution in [0.15, 0.2) is 41.3 Å². The smallest absolute Gasteiger partial charge is 0.356 e. The number of fused-ring (bicyclic) bond motifs is 1. The van der Waals surface area contributed by atoms with Gasteiger partial charge in [-0.25, -0.2) is 14.2 Å². The molecule has 0 saturated heterocycles. The largest absolute Gasteiger partial charge is 0.476 e. The number of carboxylic acid groups (broad SMARTS) is 1. The van der Waals surface area contributed by atoms with Crippen LogP contribution in [0.4, 0.5) is 4.39 Å². The van der Waals surface area contributed by atoms with Crippen LogP contribution < -0.4 is 0 Å². The van der Waals surface area contributed by atoms with E-state index >= 15 is 0 Å². The van der Waals surface area contributed by atoms with Gasteiger partial charge in [0.25, 0.3) is 0 Å². The molecular formula is C13H7BrFN3O2. The minimum absolute atomic E-state index is 0.160. The highest BCUT2D eigenvalue weighted by Crippen LogP contribution is 2.27. The van der Waals surface area contributed by atoms with E-state index < -0.39 is 11.8 Å². The van der Waals surface area contributed by atoms with Gasteiger partial charge >= 0.3 is 5.97 Å². The lowest BCUT2D eigenvalue weighted by atomic mass is 10.2. The zero-order valence-electron chi connectivity index (χ0n) is 9.92. The summed E-state index contributed by atoms with van der Waals surface area (Å²) in [7, 11) is 0. The Bertz CT molecular complexity index is 832. The Balaban J connectivity index is 2.37. The molecule has 1 aromatic carbocycles. The van der Waals surface area contributed by atoms with E-state index in [9.17, 15) is 9.18 Å². The molecule has 0 aliphatic rings. The van der Waals surface area contributed by atoms with Crippen LogP contribution in [0.1, 0.15) is 10.5 Å². The van der Waals surface area contributed by atoms with E-state index in [2.05, 4.69) is 25.9 Å². The highest BCUT2D eigenvalue weighted by Gasteiger charge is 2.19. The maximum Gasteiger partial charge on any atom is 0.356 e. The first-order valence-corrected chi connectivity index (χ1v) is 6.38. The molecule has 0 saturated carbocycles. The van der Waals surface area contributed by atoms with Crippen LogP contribution in [0.25, 0.3) is 16.9 Å². The molecule has 0 bridgehead atoms. The second-order valence-electron chi connectivity index (χ2n) is 4.04. The fraction of sp³-hybridized carbons (Fsp3) is 0. The summed E-state index contributed by atoms with van der Waals surface area (Å²) in [6.45, 7) is 0. The third-order valence-corrected chi connectivity index (χ3v) is 3.31. The van der Waals surface area contributed by atoms with Crippen LogP contribution in [0.5, 0.6) is 0 Å². The molecule has 2 aromatic heterocycles. The second-order valence-corrected chi connectivity index (χ2v) is 4.96. The van der Waals surface area contributed by atoms with Gasteiger partial charge in [-0.1, -0.05) is 15.9 Å². The number of aromatic nitrogens is 3. The van der Waals surface area contributed by atoms with Crippen LogP contribution in [-0.4, -0.2) is 25.4 Å². The zero-order valence-corrected chi connectivity index (χ0v) is 11.5. The molecule has 0 atom stereocenters. The van der Waals surface area contributed by atoms with Crippen molar-refractivity contribution in [2.75, 3.05) is 0 Å². The molecule has 3 aromatic rings. The molecule has 0 aliphatic carbocycles. The lowest BCUT2D eigenvalue weighted by molar-refractivity contribution is 0.0693. The number of hydrogen-bond donors (Lipinski definition) is 1. The molecule has 5 nitrogen and oxygen atoms in total. The average molecular weight is 336 g/mol. The molecule has 1 N–H and O–H groups in total. The predicted molar refractivity (Wildman–Crippen MR) is 73.0 cm³/mol. The molecule has 100 valence electrons. The zero-order chi connectivity index (χ0) is 14.3. The average Bonchev–Trinajstić information content (AvgIpc) is 2.81. The summed E-state index contributed by atoms with van der Waals surface area (Å²) >= 11 is 3.26. The van der Waals surface area contributed by atoms with Crippen molar-refractivity contribution in [2.45, 2.75) is 0 Å². The van der Waals surface area contributed by atoms with Crippen molar-refractivity contribution in [1.82, 2.24) is 14.4 Å². The van der Waals surface area contributed by atoms with Gasteiger partial charge in [-0.05, 0) is 18.2 Å². The number of carboxylic acids is 1. The third kappa shape index (κ3) is 1.96. The van der Waals surface area contributed by atoms with E-state index in [1.54, 1.807) is 18.3 Å². The standard InChI is InChI=1S/C13H7BrFN3O2/c14-7-1-2-9(15)8(5-7)12-17-11(13(19)20)10-6-16-3-4-18(10)12/h1-6H,(H,19,20). The summed E-state index contributed by atoms with van der Waals surface area (Å²) in [5, 5.41) is 9.16. The van der Waals surface area contributed by atoms with E-state index in [1.165, 1.54) is 22.9 Å². The van der Waals surface area contributed by atoms with Gasteiger partial charge in [0.05, 0.1) is 17.3 Å². The van der Waals surface area contributed by atoms with Gasteiger partial charge < -0.3 is 5.11 Å². The van der Waals surface area contributed by atoms with Crippen LogP contribution in [0.2, 0.25) is 0 Å². The monoisotopic (exact) mass is 335 g/mol. The second kappa shape index (κ2) is 4.68. The van der Waals surface area contributed by atoms with Crippen LogP contribution >= 0.6 is 15.9 Å². The van der Waals surface area contributed by atoms with E-state index in [1.807, 2.05) is 0 Å². The van der Waals surface area contributed by atoms with Crippen molar-refractivity contribution in [3.8, 4) is 11.4 Å². The Morgan fingerprint density at radius 1 is 1.40 bits per heavy atom. The third-order valence-electron chi connectivity index (χ3n) is 2.82. The van der Waals surface area contributed by atoms with E-state index in [-0.39, 0.29) is 17.1 Å². The first-order chi connectivity index (χ1) is 9.58. The molecule has 2 heterocycles. The van der Waals surface area contributed by atoms with Crippen molar-refractivity contribution in [1.29, 1.82) is 0 Å². The van der Waals surface area contributed by atoms with Gasteiger partial charge in [-0.2, -0.15) is 0 Å². The fourth-order valence-electron chi connectivity index (χ4n) is 1.95. The molecule has 0 amide bonds. The quantitative estimate of drug-likeness (QED) is 0.781. The van der Waals surface area contributed by atoms with E-state index in [0.717, 1.165) is 0 Å². The van der Waals surface area contributed by atoms with Crippen molar-refractivity contribution in [2.24, 2.45) is 0 Å². The summed E-state index contributed by atoms with van der Waals surface area (Å²) in [5.74, 6) is -1.44. The summed E-state index contributed by atoms with van der Waals surface area (Å²) in [5.41, 5.74) is 0.370. The number of aromatic carboxylic acids is 1. The topological polar surface area (TPSA) is 67.5 Å². The van der Waals surface area contributed by atoms with Crippen molar-refractivity contribution in [3.05, 3.63) is 52.8 Å². The van der Waals surface area contributed by atoms with Crippen molar-refractivity contribution in [3.63, 3.8) is 0 Å². The molecule has 0 radical (unpaired) electrons. The number of imidazole rings is 1. The minimum atomic E-state index is -1.18. The summed E-state index contributed by atoms with van der Waals surface area (Å²) in [6.07, 6.45) is 4.42. The Labute approximate surface area is 120 Å². The lowest BCUT2D eigenvalue weighted by Crippen LogP contribution is -1.97. The number of rotatable bonds is 2. The minimum Gasteiger partial charge on any atom is -0.476 e. The van der Waals surface area contributed by atoms with Crippen LogP contribution in [0, 0.1) is 5.82 Å². The normalized spacial score (nSPS) is 10.9. The molecule has 0 aliphatic heterocycles. The van der Waals surface area contributed by atoms with Crippen molar-refractivity contribution < 1.29 is 14.3 Å². The predicted octanol–water partition coefficient (Wildman–Crippen LogP) is 3.00. The first-order valence-electron chi connectivity index (χ1n) is 5.58. The maximum absolute atomic E-state index is 14.0. The molecule has 7 heteroatoms. The summed E-state index contributed by atoms with van der Waals surface area (Å²) in [6, 6.07) is 4.41. The summed E-state index contributed by atoms with van der Waals surface area (Å²) in [4.78, 5) is 19.1. The first kappa shape index (κ1) is 12.7. The highest BCUT2D eigenvalue weighted by atomic mass is 79.9. The maximum atomic E-state index is 14.0. The molecule has 20 heavy (non-hydrogen) atoms. The molecule has 3 rings (SSSR count). The number of hydrogen-bond acceptors (Lipinski definition) is 3. The van der Waals surface area contributed by atoms with Gasteiger partial charge in [0.1, 0.15) is 11.6 Å². The van der Waals surface area contributed by atoms with E-state index in [4.69, 9.17) is 5.11 Å². The molecular weight excluding hydrogens is 329 g/mol. The number of carbonyl (C=O) groups is 1. The van der Waals surface area contributed by atoms with Gasteiger partial charge in [-0.3, -0.25) is 9.38 Å². The highest BCUT2D eigenvalue weighted by molar-refractivity contribution is 9.10. The Kier molecular flexibility index (Phi) is 2.98. The molecule has 0 fully saturated rings. The number of halogens is 2. The Hall–Kier alpha value is -2.28. The molecule has 0 unspecified atom stereocenters. The summed E-state index contributed by atoms with van der Waals surface area (Å²) < 4.78 is 16.1. The van der Waals surface area contributed by atoms with Gasteiger partial charge in [0.15, 0.2) is 5.69 Å². The van der Waals surface area contributed by atoms with Crippen LogP contribution in [-0.2, 0) is 0 Å². The van der Waals surface area contributed by atoms with Gasteiger partial charge in [0, 0.05) is 16.9 Å². The van der Waals surface area contributed by atoms with Gasteiger partial charge in [-0.15, -0.1) is 0 Å². The molecule has 0 spiro atoms. The fourth-order valence-corrected chi connectivity index (χ4v) is 2.32. The Morgan fingerprint density at radius 2 is 2.20 bits per heavy atom. The SMILES string of the molecule is O=C(O)c1nc(-c2cc(Br)ccc2F)n2ccncc12. The number of nitrogens with zero attached hydrogens (tertiary/aromatic N) is 3. The van der Waals surface area contributed by atoms with Gasteiger partial charge in [0.2, 0.25) is 0 Å².